The minimum Gasteiger partial charge on any atom is -0.346 e. The third-order valence-corrected chi connectivity index (χ3v) is 13.3. The lowest BCUT2D eigenvalue weighted by atomic mass is 9.87. The largest absolute Gasteiger partial charge is 0.346 e. The van der Waals surface area contributed by atoms with Gasteiger partial charge in [-0.1, -0.05) is 184 Å². The molecular formula is C64H58N4O4. The number of anilines is 2. The van der Waals surface area contributed by atoms with Crippen LogP contribution in [0.4, 0.5) is 11.4 Å². The van der Waals surface area contributed by atoms with E-state index in [1.54, 1.807) is 0 Å². The number of carbonyl (C=O) groups is 4. The van der Waals surface area contributed by atoms with Crippen LogP contribution in [0.2, 0.25) is 0 Å². The third-order valence-electron chi connectivity index (χ3n) is 13.3. The van der Waals surface area contributed by atoms with Gasteiger partial charge in [-0.15, -0.1) is 0 Å². The van der Waals surface area contributed by atoms with Gasteiger partial charge in [0.15, 0.2) is 0 Å². The van der Waals surface area contributed by atoms with Gasteiger partial charge in [-0.05, 0) is 117 Å². The van der Waals surface area contributed by atoms with Gasteiger partial charge in [0.1, 0.15) is 0 Å². The summed E-state index contributed by atoms with van der Waals surface area (Å²) in [6.45, 7) is 7.89. The van der Waals surface area contributed by atoms with Gasteiger partial charge in [0.25, 0.3) is 11.8 Å². The van der Waals surface area contributed by atoms with E-state index in [1.165, 1.54) is 0 Å². The number of hydrogen-bond donors (Lipinski definition) is 4. The molecule has 2 atom stereocenters. The van der Waals surface area contributed by atoms with Gasteiger partial charge < -0.3 is 21.3 Å². The highest BCUT2D eigenvalue weighted by Crippen LogP contribution is 2.48. The lowest BCUT2D eigenvalue weighted by Gasteiger charge is -2.23. The van der Waals surface area contributed by atoms with Crippen LogP contribution < -0.4 is 21.3 Å². The van der Waals surface area contributed by atoms with Crippen LogP contribution in [-0.2, 0) is 9.59 Å². The van der Waals surface area contributed by atoms with Gasteiger partial charge in [0.2, 0.25) is 11.8 Å². The van der Waals surface area contributed by atoms with Gasteiger partial charge in [-0.2, -0.15) is 0 Å². The molecule has 72 heavy (non-hydrogen) atoms. The third kappa shape index (κ3) is 10.4. The van der Waals surface area contributed by atoms with Crippen molar-refractivity contribution in [1.82, 2.24) is 10.6 Å². The highest BCUT2D eigenvalue weighted by molar-refractivity contribution is 6.17. The smallest absolute Gasteiger partial charge is 0.251 e. The van der Waals surface area contributed by atoms with Crippen molar-refractivity contribution < 1.29 is 19.2 Å². The Morgan fingerprint density at radius 2 is 0.722 bits per heavy atom. The molecule has 0 saturated carbocycles. The van der Waals surface area contributed by atoms with Gasteiger partial charge in [-0.3, -0.25) is 19.2 Å². The van der Waals surface area contributed by atoms with Crippen molar-refractivity contribution in [3.8, 4) is 44.5 Å². The summed E-state index contributed by atoms with van der Waals surface area (Å²) in [6.07, 6.45) is 1.84. The molecule has 9 rings (SSSR count). The fourth-order valence-electron chi connectivity index (χ4n) is 9.59. The molecule has 0 radical (unpaired) electrons. The topological polar surface area (TPSA) is 116 Å². The van der Waals surface area contributed by atoms with Crippen molar-refractivity contribution in [3.05, 3.63) is 216 Å². The van der Waals surface area contributed by atoms with Crippen molar-refractivity contribution in [2.45, 2.75) is 65.5 Å². The van der Waals surface area contributed by atoms with Crippen molar-refractivity contribution in [2.24, 2.45) is 0 Å². The second-order valence-electron chi connectivity index (χ2n) is 18.3. The summed E-state index contributed by atoms with van der Waals surface area (Å²) in [5.74, 6) is -0.656. The molecule has 0 fully saturated rings. The average Bonchev–Trinajstić information content (AvgIpc) is 3.41. The Balaban J connectivity index is 1.15. The zero-order valence-electron chi connectivity index (χ0n) is 41.1. The fourth-order valence-corrected chi connectivity index (χ4v) is 9.59. The quantitative estimate of drug-likeness (QED) is 0.0772. The molecule has 0 spiro atoms. The normalized spacial score (nSPS) is 11.9. The van der Waals surface area contributed by atoms with Gasteiger partial charge in [0.05, 0.1) is 23.5 Å². The summed E-state index contributed by atoms with van der Waals surface area (Å²) in [7, 11) is 0. The number of benzene rings is 9. The summed E-state index contributed by atoms with van der Waals surface area (Å²) in [5.41, 5.74) is 11.1. The van der Waals surface area contributed by atoms with Crippen molar-refractivity contribution >= 4 is 56.5 Å². The monoisotopic (exact) mass is 946 g/mol. The maximum Gasteiger partial charge on any atom is 0.251 e. The number of hydrogen-bond acceptors (Lipinski definition) is 4. The maximum atomic E-state index is 14.0. The van der Waals surface area contributed by atoms with Crippen LogP contribution in [0, 0.1) is 0 Å². The number of nitrogens with one attached hydrogen (secondary N) is 4. The van der Waals surface area contributed by atoms with Crippen LogP contribution >= 0.6 is 0 Å². The zero-order chi connectivity index (χ0) is 50.1. The predicted octanol–water partition coefficient (Wildman–Crippen LogP) is 15.1. The number of carbonyl (C=O) groups excluding carboxylic acids is 4. The summed E-state index contributed by atoms with van der Waals surface area (Å²) in [4.78, 5) is 54.8. The highest BCUT2D eigenvalue weighted by atomic mass is 16.2. The maximum absolute atomic E-state index is 14.0. The number of rotatable bonds is 16. The molecule has 0 aliphatic carbocycles. The van der Waals surface area contributed by atoms with Crippen LogP contribution in [-0.4, -0.2) is 23.6 Å². The van der Waals surface area contributed by atoms with E-state index in [0.717, 1.165) is 77.2 Å². The molecule has 4 N–H and O–H groups in total. The van der Waals surface area contributed by atoms with Crippen molar-refractivity contribution in [2.75, 3.05) is 10.6 Å². The van der Waals surface area contributed by atoms with Crippen molar-refractivity contribution in [3.63, 3.8) is 0 Å². The first-order chi connectivity index (χ1) is 35.1. The Kier molecular flexibility index (Phi) is 14.8. The molecule has 9 aromatic carbocycles. The second kappa shape index (κ2) is 22.0. The van der Waals surface area contributed by atoms with Crippen LogP contribution in [0.5, 0.6) is 0 Å². The van der Waals surface area contributed by atoms with Crippen LogP contribution in [0.3, 0.4) is 0 Å². The Bertz CT molecular complexity index is 3180. The molecule has 0 aliphatic rings. The van der Waals surface area contributed by atoms with Gasteiger partial charge in [-0.25, -0.2) is 0 Å². The van der Waals surface area contributed by atoms with E-state index in [2.05, 4.69) is 69.8 Å². The first-order valence-electron chi connectivity index (χ1n) is 24.8. The zero-order valence-corrected chi connectivity index (χ0v) is 41.1. The molecule has 4 amide bonds. The summed E-state index contributed by atoms with van der Waals surface area (Å²) in [5, 5.41) is 16.8. The molecule has 0 aromatic heterocycles. The molecule has 0 bridgehead atoms. The fraction of sp³-hybridized carbons (Fsp3) is 0.156. The molecule has 0 aliphatic heterocycles. The Labute approximate surface area is 421 Å². The SMILES string of the molecule is CCCC(=O)Nc1c(-c2cccc3cccc(-c4ccc(C(=O)NC(C)c5ccccc5)cc4)c23)ccc(-c2cccc3cccc(-c4ccc(C(=O)NC(C)c5ccccc5)cc4)c23)c1NC(=O)CCC. The Morgan fingerprint density at radius 1 is 0.375 bits per heavy atom. The van der Waals surface area contributed by atoms with Crippen LogP contribution in [0.25, 0.3) is 66.1 Å². The Hall–Kier alpha value is -8.62. The van der Waals surface area contributed by atoms with Gasteiger partial charge >= 0.3 is 0 Å². The Morgan fingerprint density at radius 3 is 1.07 bits per heavy atom. The van der Waals surface area contributed by atoms with E-state index in [1.807, 2.05) is 173 Å². The number of amides is 4. The minimum absolute atomic E-state index is 0.160. The van der Waals surface area contributed by atoms with Gasteiger partial charge in [0, 0.05) is 35.1 Å². The second-order valence-corrected chi connectivity index (χ2v) is 18.3. The summed E-state index contributed by atoms with van der Waals surface area (Å²) in [6, 6.07) is 63.5. The molecule has 8 heteroatoms. The van der Waals surface area contributed by atoms with E-state index in [-0.39, 0.29) is 48.6 Å². The molecular weight excluding hydrogens is 889 g/mol. The molecule has 8 nitrogen and oxygen atoms in total. The lowest BCUT2D eigenvalue weighted by molar-refractivity contribution is -0.117. The van der Waals surface area contributed by atoms with E-state index >= 15 is 0 Å². The standard InChI is InChI=1S/C64H58N4O4/c1-5-17-57(69)67-61-55(53-29-15-25-47-23-13-27-51(59(47)53)45-31-35-49(36-32-45)63(71)65-41(3)43-19-9-7-10-20-43)39-40-56(62(61)68-58(70)18-6-2)54-30-16-26-48-24-14-28-52(60(48)54)46-33-37-50(38-34-46)64(72)66-42(4)44-21-11-8-12-22-44/h7-16,19-42H,5-6,17-18H2,1-4H3,(H,65,71)(H,66,72)(H,67,69)(H,68,70). The molecule has 358 valence electrons. The van der Waals surface area contributed by atoms with Crippen LogP contribution in [0.1, 0.15) is 97.3 Å². The average molecular weight is 947 g/mol. The van der Waals surface area contributed by atoms with E-state index in [4.69, 9.17) is 0 Å². The van der Waals surface area contributed by atoms with E-state index in [9.17, 15) is 19.2 Å². The number of fused-ring (bicyclic) bond motifs is 2. The summed E-state index contributed by atoms with van der Waals surface area (Å²) < 4.78 is 0. The van der Waals surface area contributed by atoms with Crippen molar-refractivity contribution in [1.29, 1.82) is 0 Å². The summed E-state index contributed by atoms with van der Waals surface area (Å²) >= 11 is 0. The van der Waals surface area contributed by atoms with Crippen LogP contribution in [0.15, 0.2) is 194 Å². The van der Waals surface area contributed by atoms with E-state index < -0.39 is 0 Å². The first kappa shape index (κ1) is 48.4. The molecule has 9 aromatic rings. The first-order valence-corrected chi connectivity index (χ1v) is 24.8. The lowest BCUT2D eigenvalue weighted by Crippen LogP contribution is -2.26. The molecule has 2 unspecified atom stereocenters. The highest BCUT2D eigenvalue weighted by Gasteiger charge is 2.24. The molecule has 0 saturated heterocycles. The predicted molar refractivity (Wildman–Crippen MR) is 295 cm³/mol. The minimum atomic E-state index is -0.168. The van der Waals surface area contributed by atoms with E-state index in [0.29, 0.717) is 35.3 Å². The molecule has 0 heterocycles.